The van der Waals surface area contributed by atoms with Gasteiger partial charge in [0.15, 0.2) is 34.5 Å². The number of rotatable bonds is 3. The maximum absolute atomic E-state index is 14.8. The number of esters is 2. The van der Waals surface area contributed by atoms with E-state index in [1.807, 2.05) is 20.9 Å². The van der Waals surface area contributed by atoms with Crippen molar-refractivity contribution in [3.05, 3.63) is 62.7 Å². The van der Waals surface area contributed by atoms with E-state index in [9.17, 15) is 25.1 Å². The van der Waals surface area contributed by atoms with Crippen LogP contribution in [0.2, 0.25) is 0 Å². The van der Waals surface area contributed by atoms with Crippen LogP contribution in [0.3, 0.4) is 0 Å². The van der Waals surface area contributed by atoms with E-state index in [4.69, 9.17) is 28.4 Å². The van der Waals surface area contributed by atoms with E-state index in [-0.39, 0.29) is 42.4 Å². The van der Waals surface area contributed by atoms with Crippen molar-refractivity contribution in [2.45, 2.75) is 87.3 Å². The number of likely N-dealkylation sites (N-methyl/N-ethyl adjacent to an activating group) is 1. The molecule has 10 rings (SSSR count). The van der Waals surface area contributed by atoms with Crippen molar-refractivity contribution >= 4 is 23.7 Å². The van der Waals surface area contributed by atoms with E-state index in [2.05, 4.69) is 21.9 Å². The van der Waals surface area contributed by atoms with Gasteiger partial charge in [-0.1, -0.05) is 6.07 Å². The molecule has 1 unspecified atom stereocenters. The van der Waals surface area contributed by atoms with Gasteiger partial charge < -0.3 is 38.6 Å². The normalized spacial score (nSPS) is 28.9. The first-order chi connectivity index (χ1) is 26.4. The van der Waals surface area contributed by atoms with Crippen LogP contribution in [0, 0.1) is 25.2 Å². The van der Waals surface area contributed by atoms with Crippen molar-refractivity contribution in [1.82, 2.24) is 9.80 Å². The molecule has 0 saturated carbocycles. The minimum atomic E-state index is -1.11. The van der Waals surface area contributed by atoms with Crippen LogP contribution in [-0.2, 0) is 32.6 Å². The third-order valence-electron chi connectivity index (χ3n) is 12.8. The number of ether oxygens (including phenoxy) is 6. The molecule has 0 aromatic heterocycles. The Hall–Kier alpha value is -4.84. The lowest BCUT2D eigenvalue weighted by Crippen LogP contribution is -2.69. The first-order valence-electron chi connectivity index (χ1n) is 18.6. The SMILES string of the molecule is COc1cc2c(cc1O)CCC[C@]21CS[C@@H]2c3c(OC(C)=O)c(C)c4c(c3[C@H](COC1=O)N1C2[C@H]2c3c(cc(C)c(OC)c3O)C[C@@H]([C@@H]1C#N)N2C)OCO4. The van der Waals surface area contributed by atoms with Crippen LogP contribution < -0.4 is 23.7 Å². The number of hydrogen-bond donors (Lipinski definition) is 2. The predicted octanol–water partition coefficient (Wildman–Crippen LogP) is 5.22. The number of hydrogen-bond acceptors (Lipinski definition) is 14. The highest BCUT2D eigenvalue weighted by molar-refractivity contribution is 7.99. The molecule has 0 radical (unpaired) electrons. The second-order valence-electron chi connectivity index (χ2n) is 15.4. The van der Waals surface area contributed by atoms with E-state index >= 15 is 0 Å². The van der Waals surface area contributed by atoms with Gasteiger partial charge in [0.25, 0.3) is 0 Å². The van der Waals surface area contributed by atoms with E-state index < -0.39 is 46.8 Å². The maximum Gasteiger partial charge on any atom is 0.317 e. The van der Waals surface area contributed by atoms with Crippen LogP contribution >= 0.6 is 11.8 Å². The smallest absolute Gasteiger partial charge is 0.317 e. The van der Waals surface area contributed by atoms with Gasteiger partial charge in [-0.2, -0.15) is 17.0 Å². The van der Waals surface area contributed by atoms with Gasteiger partial charge in [0.1, 0.15) is 23.8 Å². The van der Waals surface area contributed by atoms with Gasteiger partial charge >= 0.3 is 11.9 Å². The van der Waals surface area contributed by atoms with Gasteiger partial charge in [0.2, 0.25) is 6.79 Å². The molecule has 55 heavy (non-hydrogen) atoms. The summed E-state index contributed by atoms with van der Waals surface area (Å²) in [7, 11) is 5.03. The number of methoxy groups -OCH3 is 2. The fourth-order valence-corrected chi connectivity index (χ4v) is 12.3. The number of aryl methyl sites for hydroxylation is 2. The maximum atomic E-state index is 14.8. The van der Waals surface area contributed by atoms with Crippen LogP contribution in [0.5, 0.6) is 40.2 Å². The van der Waals surface area contributed by atoms with Crippen LogP contribution in [0.25, 0.3) is 0 Å². The number of piperazine rings is 1. The first kappa shape index (κ1) is 35.8. The highest BCUT2D eigenvalue weighted by Crippen LogP contribution is 2.65. The Morgan fingerprint density at radius 1 is 1.04 bits per heavy atom. The highest BCUT2D eigenvalue weighted by atomic mass is 32.2. The molecule has 2 fully saturated rings. The number of nitriles is 1. The Morgan fingerprint density at radius 3 is 2.55 bits per heavy atom. The van der Waals surface area contributed by atoms with Crippen LogP contribution in [0.1, 0.15) is 81.6 Å². The first-order valence-corrected chi connectivity index (χ1v) is 19.6. The van der Waals surface area contributed by atoms with E-state index in [0.717, 1.165) is 33.4 Å². The number of carbonyl (C=O) groups is 2. The molecule has 3 aromatic rings. The summed E-state index contributed by atoms with van der Waals surface area (Å²) in [4.78, 5) is 32.1. The van der Waals surface area contributed by atoms with E-state index in [1.165, 1.54) is 14.0 Å². The number of carbonyl (C=O) groups excluding carboxylic acids is 2. The van der Waals surface area contributed by atoms with Crippen molar-refractivity contribution in [2.75, 3.05) is 40.4 Å². The predicted molar refractivity (Wildman–Crippen MR) is 199 cm³/mol. The molecule has 2 saturated heterocycles. The third kappa shape index (κ3) is 4.91. The summed E-state index contributed by atoms with van der Waals surface area (Å²) in [6.07, 6.45) is 2.36. The minimum Gasteiger partial charge on any atom is -0.504 e. The molecule has 7 aliphatic rings. The Labute approximate surface area is 323 Å². The summed E-state index contributed by atoms with van der Waals surface area (Å²) in [6.45, 7) is 4.92. The lowest BCUT2D eigenvalue weighted by atomic mass is 9.70. The van der Waals surface area contributed by atoms with Crippen molar-refractivity contribution in [3.63, 3.8) is 0 Å². The molecule has 2 N–H and O–H groups in total. The second kappa shape index (κ2) is 12.9. The molecular formula is C41H43N3O10S. The molecule has 13 nitrogen and oxygen atoms in total. The largest absolute Gasteiger partial charge is 0.504 e. The summed E-state index contributed by atoms with van der Waals surface area (Å²) in [5.41, 5.74) is 4.94. The summed E-state index contributed by atoms with van der Waals surface area (Å²) >= 11 is 1.54. The molecular weight excluding hydrogens is 727 g/mol. The number of thioether (sulfide) groups is 1. The standard InChI is InChI=1S/C41H43N3O10S/c1-18-10-22-11-24-25(14-42)44-26-15-51-40(48)41(9-7-8-21-12-27(46)28(49-5)13-23(21)41)16-55-39(33(44)32(43(24)4)29(22)34(47)35(18)50-6)31-30(26)38-37(52-17-53-38)19(2)36(31)54-20(3)45/h10,12-13,24-26,32-33,39,46-47H,7-9,11,15-17H2,1-6H3/t24-,25-,26-,32+,33?,39+,41-/m0/s1. The molecule has 1 spiro atoms. The Bertz CT molecular complexity index is 2220. The van der Waals surface area contributed by atoms with Crippen molar-refractivity contribution in [1.29, 1.82) is 5.26 Å². The summed E-state index contributed by atoms with van der Waals surface area (Å²) in [5.74, 6) is 1.35. The molecule has 0 amide bonds. The number of fused-ring (bicyclic) bond motifs is 9. The van der Waals surface area contributed by atoms with E-state index in [1.54, 1.807) is 31.0 Å². The fourth-order valence-electron chi connectivity index (χ4n) is 10.5. The van der Waals surface area contributed by atoms with Crippen LogP contribution in [0.4, 0.5) is 0 Å². The molecule has 1 aliphatic carbocycles. The Balaban J connectivity index is 1.33. The zero-order chi connectivity index (χ0) is 38.7. The van der Waals surface area contributed by atoms with Gasteiger partial charge in [-0.3, -0.25) is 19.4 Å². The third-order valence-corrected chi connectivity index (χ3v) is 14.3. The van der Waals surface area contributed by atoms with Crippen molar-refractivity contribution < 1.29 is 48.2 Å². The molecule has 14 heteroatoms. The summed E-state index contributed by atoms with van der Waals surface area (Å²) in [5, 5.41) is 33.4. The second-order valence-corrected chi connectivity index (χ2v) is 16.6. The number of nitrogens with zero attached hydrogens (tertiary/aromatic N) is 3. The number of aromatic hydroxyl groups is 2. The van der Waals surface area contributed by atoms with E-state index in [0.29, 0.717) is 59.8 Å². The lowest BCUT2D eigenvalue weighted by Gasteiger charge is -2.62. The minimum absolute atomic E-state index is 0.00386. The van der Waals surface area contributed by atoms with Gasteiger partial charge in [-0.15, -0.1) is 0 Å². The van der Waals surface area contributed by atoms with Gasteiger partial charge in [-0.05, 0) is 81.0 Å². The zero-order valence-corrected chi connectivity index (χ0v) is 32.4. The quantitative estimate of drug-likeness (QED) is 0.264. The molecule has 7 atom stereocenters. The summed E-state index contributed by atoms with van der Waals surface area (Å²) in [6, 6.07) is 5.50. The topological polar surface area (TPSA) is 160 Å². The number of benzene rings is 3. The number of phenols is 2. The molecule has 6 heterocycles. The van der Waals surface area contributed by atoms with Crippen LogP contribution in [-0.4, -0.2) is 90.5 Å². The zero-order valence-electron chi connectivity index (χ0n) is 31.6. The van der Waals surface area contributed by atoms with Gasteiger partial charge in [0.05, 0.1) is 37.6 Å². The molecule has 3 aromatic carbocycles. The number of phenolic OH excluding ortho intramolecular Hbond substituents is 2. The average molecular weight is 770 g/mol. The molecule has 288 valence electrons. The van der Waals surface area contributed by atoms with Gasteiger partial charge in [-0.25, -0.2) is 0 Å². The lowest BCUT2D eigenvalue weighted by molar-refractivity contribution is -0.156. The molecule has 6 aliphatic heterocycles. The van der Waals surface area contributed by atoms with Gasteiger partial charge in [0, 0.05) is 47.0 Å². The Morgan fingerprint density at radius 2 is 1.82 bits per heavy atom. The van der Waals surface area contributed by atoms with Crippen molar-refractivity contribution in [3.8, 4) is 46.3 Å². The monoisotopic (exact) mass is 769 g/mol. The van der Waals surface area contributed by atoms with Crippen molar-refractivity contribution in [2.24, 2.45) is 0 Å². The summed E-state index contributed by atoms with van der Waals surface area (Å²) < 4.78 is 36.2. The average Bonchev–Trinajstić information content (AvgIpc) is 3.65. The highest BCUT2D eigenvalue weighted by Gasteiger charge is 2.61. The molecule has 4 bridgehead atoms. The fraction of sp³-hybridized carbons (Fsp3) is 0.488. The Kier molecular flexibility index (Phi) is 8.38. The van der Waals surface area contributed by atoms with Crippen LogP contribution in [0.15, 0.2) is 18.2 Å².